The molecule has 0 saturated carbocycles. The highest BCUT2D eigenvalue weighted by Crippen LogP contribution is 2.34. The van der Waals surface area contributed by atoms with Crippen LogP contribution in [0, 0.1) is 5.41 Å². The Balaban J connectivity index is 2.39. The molecule has 1 aliphatic rings. The van der Waals surface area contributed by atoms with Crippen LogP contribution in [0.1, 0.15) is 33.1 Å². The number of hydrogen-bond acceptors (Lipinski definition) is 4. The van der Waals surface area contributed by atoms with Crippen molar-refractivity contribution in [1.82, 2.24) is 15.8 Å². The molecule has 1 heterocycles. The molecule has 2 amide bonds. The second-order valence-electron chi connectivity index (χ2n) is 4.94. The Labute approximate surface area is 112 Å². The van der Waals surface area contributed by atoms with Gasteiger partial charge in [0, 0.05) is 6.92 Å². The van der Waals surface area contributed by atoms with E-state index in [-0.39, 0.29) is 18.4 Å². The number of nitrogens with zero attached hydrogens (tertiary/aromatic N) is 1. The van der Waals surface area contributed by atoms with Gasteiger partial charge in [-0.15, -0.1) is 0 Å². The molecule has 0 unspecified atom stereocenters. The fourth-order valence-corrected chi connectivity index (χ4v) is 2.26. The maximum absolute atomic E-state index is 11.5. The van der Waals surface area contributed by atoms with Gasteiger partial charge in [0.1, 0.15) is 0 Å². The molecular formula is C12H21N3O4. The third-order valence-corrected chi connectivity index (χ3v) is 3.69. The van der Waals surface area contributed by atoms with Crippen molar-refractivity contribution < 1.29 is 19.5 Å². The largest absolute Gasteiger partial charge is 0.481 e. The summed E-state index contributed by atoms with van der Waals surface area (Å²) in [6, 6.07) is 0. The molecule has 108 valence electrons. The predicted octanol–water partition coefficient (Wildman–Crippen LogP) is -0.269. The summed E-state index contributed by atoms with van der Waals surface area (Å²) in [5, 5.41) is 9.26. The Morgan fingerprint density at radius 1 is 1.21 bits per heavy atom. The van der Waals surface area contributed by atoms with Crippen molar-refractivity contribution in [2.24, 2.45) is 5.41 Å². The maximum Gasteiger partial charge on any atom is 0.309 e. The summed E-state index contributed by atoms with van der Waals surface area (Å²) in [6.07, 6.45) is 1.70. The van der Waals surface area contributed by atoms with E-state index in [9.17, 15) is 19.5 Å². The van der Waals surface area contributed by atoms with Crippen molar-refractivity contribution in [3.63, 3.8) is 0 Å². The van der Waals surface area contributed by atoms with Gasteiger partial charge in [-0.1, -0.05) is 6.92 Å². The molecule has 1 fully saturated rings. The van der Waals surface area contributed by atoms with Gasteiger partial charge in [0.25, 0.3) is 5.91 Å². The van der Waals surface area contributed by atoms with E-state index in [1.807, 2.05) is 11.8 Å². The molecule has 19 heavy (non-hydrogen) atoms. The molecule has 0 aromatic rings. The van der Waals surface area contributed by atoms with Crippen LogP contribution in [0.5, 0.6) is 0 Å². The number of carbonyl (C=O) groups excluding carboxylic acids is 2. The van der Waals surface area contributed by atoms with Crippen molar-refractivity contribution in [1.29, 1.82) is 0 Å². The number of rotatable bonds is 4. The van der Waals surface area contributed by atoms with E-state index in [2.05, 4.69) is 10.9 Å². The van der Waals surface area contributed by atoms with E-state index in [0.717, 1.165) is 0 Å². The van der Waals surface area contributed by atoms with Gasteiger partial charge < -0.3 is 5.11 Å². The summed E-state index contributed by atoms with van der Waals surface area (Å²) in [5.41, 5.74) is 3.86. The molecule has 0 radical (unpaired) electrons. The van der Waals surface area contributed by atoms with Crippen LogP contribution in [0.2, 0.25) is 0 Å². The number of aliphatic carboxylic acids is 1. The molecule has 7 nitrogen and oxygen atoms in total. The van der Waals surface area contributed by atoms with E-state index in [4.69, 9.17) is 0 Å². The molecule has 1 rings (SSSR count). The fraction of sp³-hybridized carbons (Fsp3) is 0.750. The summed E-state index contributed by atoms with van der Waals surface area (Å²) in [6.45, 7) is 4.51. The zero-order valence-electron chi connectivity index (χ0n) is 11.4. The fourth-order valence-electron chi connectivity index (χ4n) is 2.26. The molecule has 7 heteroatoms. The molecule has 1 aliphatic heterocycles. The van der Waals surface area contributed by atoms with E-state index in [0.29, 0.717) is 32.4 Å². The van der Waals surface area contributed by atoms with Crippen molar-refractivity contribution in [3.8, 4) is 0 Å². The van der Waals surface area contributed by atoms with Gasteiger partial charge in [-0.05, 0) is 32.4 Å². The molecular weight excluding hydrogens is 250 g/mol. The topological polar surface area (TPSA) is 98.7 Å². The second-order valence-corrected chi connectivity index (χ2v) is 4.94. The molecule has 0 bridgehead atoms. The first kappa shape index (κ1) is 15.4. The van der Waals surface area contributed by atoms with E-state index < -0.39 is 11.4 Å². The number of carbonyl (C=O) groups is 3. The lowest BCUT2D eigenvalue weighted by molar-refractivity contribution is -0.152. The molecule has 0 aromatic heterocycles. The number of piperidine rings is 1. The van der Waals surface area contributed by atoms with Crippen LogP contribution in [-0.4, -0.2) is 47.4 Å². The van der Waals surface area contributed by atoms with Crippen LogP contribution in [0.25, 0.3) is 0 Å². The number of likely N-dealkylation sites (tertiary alicyclic amines) is 1. The third-order valence-electron chi connectivity index (χ3n) is 3.69. The van der Waals surface area contributed by atoms with Crippen molar-refractivity contribution in [2.45, 2.75) is 33.1 Å². The molecule has 0 spiro atoms. The number of carboxylic acids is 1. The third kappa shape index (κ3) is 4.20. The lowest BCUT2D eigenvalue weighted by atomic mass is 9.76. The Morgan fingerprint density at radius 3 is 2.21 bits per heavy atom. The van der Waals surface area contributed by atoms with E-state index in [1.54, 1.807) is 0 Å². The van der Waals surface area contributed by atoms with Gasteiger partial charge in [0.2, 0.25) is 5.91 Å². The lowest BCUT2D eigenvalue weighted by Crippen LogP contribution is -2.49. The molecule has 3 N–H and O–H groups in total. The van der Waals surface area contributed by atoms with Gasteiger partial charge in [0.15, 0.2) is 0 Å². The average Bonchev–Trinajstić information content (AvgIpc) is 2.37. The highest BCUT2D eigenvalue weighted by molar-refractivity contribution is 5.82. The van der Waals surface area contributed by atoms with E-state index in [1.165, 1.54) is 6.92 Å². The minimum Gasteiger partial charge on any atom is -0.481 e. The quantitative estimate of drug-likeness (QED) is 0.611. The number of amides is 2. The van der Waals surface area contributed by atoms with Crippen LogP contribution < -0.4 is 10.9 Å². The van der Waals surface area contributed by atoms with Gasteiger partial charge in [-0.25, -0.2) is 0 Å². The minimum absolute atomic E-state index is 0.166. The number of carboxylic acid groups (broad SMARTS) is 1. The van der Waals surface area contributed by atoms with Crippen LogP contribution in [0.4, 0.5) is 0 Å². The standard InChI is InChI=1S/C12H21N3O4/c1-3-12(11(18)19)4-6-15(7-5-12)8-10(17)14-13-9(2)16/h3-8H2,1-2H3,(H,13,16)(H,14,17)(H,18,19). The first-order chi connectivity index (χ1) is 8.89. The van der Waals surface area contributed by atoms with Crippen LogP contribution >= 0.6 is 0 Å². The van der Waals surface area contributed by atoms with Crippen LogP contribution in [-0.2, 0) is 14.4 Å². The van der Waals surface area contributed by atoms with Crippen molar-refractivity contribution >= 4 is 17.8 Å². The number of nitrogens with one attached hydrogen (secondary N) is 2. The number of hydrazine groups is 1. The van der Waals surface area contributed by atoms with Gasteiger partial charge in [-0.2, -0.15) is 0 Å². The SMILES string of the molecule is CCC1(C(=O)O)CCN(CC(=O)NNC(C)=O)CC1. The van der Waals surface area contributed by atoms with E-state index >= 15 is 0 Å². The van der Waals surface area contributed by atoms with Crippen LogP contribution in [0.3, 0.4) is 0 Å². The summed E-state index contributed by atoms with van der Waals surface area (Å²) >= 11 is 0. The maximum atomic E-state index is 11.5. The summed E-state index contributed by atoms with van der Waals surface area (Å²) in [7, 11) is 0. The minimum atomic E-state index is -0.752. The molecule has 0 atom stereocenters. The first-order valence-electron chi connectivity index (χ1n) is 6.41. The zero-order chi connectivity index (χ0) is 14.5. The monoisotopic (exact) mass is 271 g/mol. The normalized spacial score (nSPS) is 18.6. The van der Waals surface area contributed by atoms with Gasteiger partial charge in [0.05, 0.1) is 12.0 Å². The highest BCUT2D eigenvalue weighted by atomic mass is 16.4. The van der Waals surface area contributed by atoms with Crippen molar-refractivity contribution in [3.05, 3.63) is 0 Å². The molecule has 1 saturated heterocycles. The Kier molecular flexibility index (Phi) is 5.29. The summed E-state index contributed by atoms with van der Waals surface area (Å²) in [4.78, 5) is 35.3. The van der Waals surface area contributed by atoms with Crippen LogP contribution in [0.15, 0.2) is 0 Å². The van der Waals surface area contributed by atoms with Crippen molar-refractivity contribution in [2.75, 3.05) is 19.6 Å². The summed E-state index contributed by atoms with van der Waals surface area (Å²) < 4.78 is 0. The number of hydrogen-bond donors (Lipinski definition) is 3. The first-order valence-corrected chi connectivity index (χ1v) is 6.41. The Hall–Kier alpha value is -1.63. The molecule has 0 aromatic carbocycles. The predicted molar refractivity (Wildman–Crippen MR) is 68.0 cm³/mol. The second kappa shape index (κ2) is 6.51. The average molecular weight is 271 g/mol. The summed E-state index contributed by atoms with van der Waals surface area (Å²) in [5.74, 6) is -1.38. The smallest absolute Gasteiger partial charge is 0.309 e. The zero-order valence-corrected chi connectivity index (χ0v) is 11.4. The highest BCUT2D eigenvalue weighted by Gasteiger charge is 2.39. The molecule has 0 aliphatic carbocycles. The lowest BCUT2D eigenvalue weighted by Gasteiger charge is -2.37. The Morgan fingerprint density at radius 2 is 1.79 bits per heavy atom. The van der Waals surface area contributed by atoms with Gasteiger partial charge >= 0.3 is 5.97 Å². The van der Waals surface area contributed by atoms with Gasteiger partial charge in [-0.3, -0.25) is 30.1 Å². The Bertz CT molecular complexity index is 362.